The number of benzene rings is 1. The van der Waals surface area contributed by atoms with Crippen molar-refractivity contribution < 1.29 is 13.2 Å². The highest BCUT2D eigenvalue weighted by atomic mass is 32.2. The summed E-state index contributed by atoms with van der Waals surface area (Å²) in [5, 5.41) is 0. The molecule has 6 nitrogen and oxygen atoms in total. The summed E-state index contributed by atoms with van der Waals surface area (Å²) >= 11 is 0. The summed E-state index contributed by atoms with van der Waals surface area (Å²) in [6, 6.07) is 8.63. The highest BCUT2D eigenvalue weighted by Crippen LogP contribution is 2.29. The van der Waals surface area contributed by atoms with Gasteiger partial charge in [-0.3, -0.25) is 4.79 Å². The molecule has 0 aliphatic carbocycles. The fourth-order valence-corrected chi connectivity index (χ4v) is 5.50. The quantitative estimate of drug-likeness (QED) is 0.871. The fraction of sp³-hybridized carbons (Fsp3) is 0.611. The third kappa shape index (κ3) is 3.73. The zero-order chi connectivity index (χ0) is 18.0. The Hall–Kier alpha value is -1.44. The van der Waals surface area contributed by atoms with Crippen molar-refractivity contribution in [1.29, 1.82) is 0 Å². The van der Waals surface area contributed by atoms with Gasteiger partial charge >= 0.3 is 0 Å². The maximum absolute atomic E-state index is 12.9. The number of hydrogen-bond acceptors (Lipinski definition) is 4. The minimum Gasteiger partial charge on any atom is -0.339 e. The molecule has 0 radical (unpaired) electrons. The molecule has 7 heteroatoms. The summed E-state index contributed by atoms with van der Waals surface area (Å²) < 4.78 is 27.1. The highest BCUT2D eigenvalue weighted by molar-refractivity contribution is 7.89. The summed E-state index contributed by atoms with van der Waals surface area (Å²) in [6.45, 7) is 4.08. The third-order valence-electron chi connectivity index (χ3n) is 5.39. The predicted molar refractivity (Wildman–Crippen MR) is 96.3 cm³/mol. The lowest BCUT2D eigenvalue weighted by Gasteiger charge is -2.34. The number of nitrogens with two attached hydrogens (primary N) is 1. The second-order valence-electron chi connectivity index (χ2n) is 7.19. The summed E-state index contributed by atoms with van der Waals surface area (Å²) in [6.07, 6.45) is 2.39. The second kappa shape index (κ2) is 7.43. The lowest BCUT2D eigenvalue weighted by atomic mass is 9.98. The normalized spacial score (nSPS) is 28.2. The third-order valence-corrected chi connectivity index (χ3v) is 7.27. The zero-order valence-corrected chi connectivity index (χ0v) is 15.5. The van der Waals surface area contributed by atoms with Crippen molar-refractivity contribution in [2.24, 2.45) is 17.6 Å². The van der Waals surface area contributed by atoms with E-state index in [2.05, 4.69) is 6.92 Å². The van der Waals surface area contributed by atoms with Gasteiger partial charge in [-0.15, -0.1) is 0 Å². The molecule has 3 rings (SSSR count). The molecule has 2 heterocycles. The minimum absolute atomic E-state index is 0.0800. The van der Waals surface area contributed by atoms with Crippen molar-refractivity contribution in [2.75, 3.05) is 26.2 Å². The van der Waals surface area contributed by atoms with Gasteiger partial charge in [-0.05, 0) is 50.8 Å². The Morgan fingerprint density at radius 2 is 1.96 bits per heavy atom. The number of carbonyl (C=O) groups is 1. The molecule has 3 unspecified atom stereocenters. The first-order chi connectivity index (χ1) is 11.9. The van der Waals surface area contributed by atoms with Gasteiger partial charge in [0.25, 0.3) is 0 Å². The van der Waals surface area contributed by atoms with Gasteiger partial charge < -0.3 is 10.6 Å². The summed E-state index contributed by atoms with van der Waals surface area (Å²) in [5.74, 6) is 0.175. The van der Waals surface area contributed by atoms with Crippen LogP contribution in [0.15, 0.2) is 35.2 Å². The number of nitrogens with zero attached hydrogens (tertiary/aromatic N) is 2. The first kappa shape index (κ1) is 18.4. The Morgan fingerprint density at radius 1 is 1.24 bits per heavy atom. The van der Waals surface area contributed by atoms with E-state index in [9.17, 15) is 13.2 Å². The Balaban J connectivity index is 1.72. The molecular formula is C18H27N3O3S. The van der Waals surface area contributed by atoms with Crippen LogP contribution >= 0.6 is 0 Å². The van der Waals surface area contributed by atoms with Crippen molar-refractivity contribution >= 4 is 15.9 Å². The Labute approximate surface area is 150 Å². The van der Waals surface area contributed by atoms with E-state index in [1.165, 1.54) is 4.31 Å². The van der Waals surface area contributed by atoms with Gasteiger partial charge in [0.05, 0.1) is 10.8 Å². The van der Waals surface area contributed by atoms with Crippen molar-refractivity contribution in [3.05, 3.63) is 30.3 Å². The average molecular weight is 365 g/mol. The van der Waals surface area contributed by atoms with Crippen LogP contribution in [-0.2, 0) is 14.8 Å². The molecule has 138 valence electrons. The maximum atomic E-state index is 12.9. The topological polar surface area (TPSA) is 83.7 Å². The van der Waals surface area contributed by atoms with E-state index < -0.39 is 10.0 Å². The maximum Gasteiger partial charge on any atom is 0.243 e. The van der Waals surface area contributed by atoms with Gasteiger partial charge in [0, 0.05) is 25.7 Å². The van der Waals surface area contributed by atoms with Crippen LogP contribution in [-0.4, -0.2) is 55.8 Å². The summed E-state index contributed by atoms with van der Waals surface area (Å²) in [4.78, 5) is 15.1. The fourth-order valence-electron chi connectivity index (χ4n) is 3.96. The molecule has 0 aromatic heterocycles. The number of carbonyl (C=O) groups excluding carboxylic acids is 1. The summed E-state index contributed by atoms with van der Waals surface area (Å²) in [7, 11) is -3.54. The number of sulfonamides is 1. The predicted octanol–water partition coefficient (Wildman–Crippen LogP) is 1.28. The lowest BCUT2D eigenvalue weighted by Crippen LogP contribution is -2.47. The highest BCUT2D eigenvalue weighted by Gasteiger charge is 2.39. The average Bonchev–Trinajstić information content (AvgIpc) is 3.03. The van der Waals surface area contributed by atoms with Crippen LogP contribution in [0.1, 0.15) is 26.2 Å². The smallest absolute Gasteiger partial charge is 0.243 e. The molecule has 3 atom stereocenters. The SMILES string of the molecule is CC1CC(CN)CN1C(=O)C1CCCN(S(=O)(=O)c2ccccc2)C1. The molecule has 0 spiro atoms. The van der Waals surface area contributed by atoms with E-state index in [-0.39, 0.29) is 24.4 Å². The van der Waals surface area contributed by atoms with Crippen LogP contribution in [0.3, 0.4) is 0 Å². The van der Waals surface area contributed by atoms with E-state index in [4.69, 9.17) is 5.73 Å². The number of amides is 1. The van der Waals surface area contributed by atoms with Gasteiger partial charge in [0.15, 0.2) is 0 Å². The van der Waals surface area contributed by atoms with Crippen LogP contribution in [0.2, 0.25) is 0 Å². The van der Waals surface area contributed by atoms with E-state index >= 15 is 0 Å². The van der Waals surface area contributed by atoms with Crippen LogP contribution in [0.25, 0.3) is 0 Å². The molecule has 0 saturated carbocycles. The molecule has 25 heavy (non-hydrogen) atoms. The Morgan fingerprint density at radius 3 is 2.60 bits per heavy atom. The number of hydrogen-bond donors (Lipinski definition) is 1. The molecule has 2 saturated heterocycles. The van der Waals surface area contributed by atoms with E-state index in [1.807, 2.05) is 4.90 Å². The first-order valence-corrected chi connectivity index (χ1v) is 10.4. The van der Waals surface area contributed by atoms with Gasteiger partial charge in [0.1, 0.15) is 0 Å². The lowest BCUT2D eigenvalue weighted by molar-refractivity contribution is -0.137. The first-order valence-electron chi connectivity index (χ1n) is 8.99. The molecule has 1 aromatic rings. The molecule has 0 bridgehead atoms. The second-order valence-corrected chi connectivity index (χ2v) is 9.13. The molecule has 2 aliphatic heterocycles. The number of rotatable bonds is 4. The van der Waals surface area contributed by atoms with E-state index in [0.717, 1.165) is 12.8 Å². The standard InChI is InChI=1S/C18H27N3O3S/c1-14-10-15(11-19)12-21(14)18(22)16-6-5-9-20(13-16)25(23,24)17-7-3-2-4-8-17/h2-4,7-8,14-16H,5-6,9-13,19H2,1H3. The van der Waals surface area contributed by atoms with Gasteiger partial charge in [-0.25, -0.2) is 8.42 Å². The Kier molecular flexibility index (Phi) is 5.46. The monoisotopic (exact) mass is 365 g/mol. The Bertz CT molecular complexity index is 708. The van der Waals surface area contributed by atoms with Crippen molar-refractivity contribution in [1.82, 2.24) is 9.21 Å². The molecular weight excluding hydrogens is 338 g/mol. The molecule has 1 amide bonds. The molecule has 2 aliphatic rings. The minimum atomic E-state index is -3.54. The van der Waals surface area contributed by atoms with Crippen molar-refractivity contribution in [3.8, 4) is 0 Å². The van der Waals surface area contributed by atoms with Crippen LogP contribution < -0.4 is 5.73 Å². The van der Waals surface area contributed by atoms with Gasteiger partial charge in [0.2, 0.25) is 15.9 Å². The zero-order valence-electron chi connectivity index (χ0n) is 14.7. The van der Waals surface area contributed by atoms with E-state index in [0.29, 0.717) is 36.9 Å². The van der Waals surface area contributed by atoms with Crippen molar-refractivity contribution in [3.63, 3.8) is 0 Å². The van der Waals surface area contributed by atoms with Gasteiger partial charge in [-0.2, -0.15) is 4.31 Å². The largest absolute Gasteiger partial charge is 0.339 e. The van der Waals surface area contributed by atoms with E-state index in [1.54, 1.807) is 30.3 Å². The van der Waals surface area contributed by atoms with Gasteiger partial charge in [-0.1, -0.05) is 18.2 Å². The number of piperidine rings is 1. The molecule has 1 aromatic carbocycles. The number of likely N-dealkylation sites (tertiary alicyclic amines) is 1. The van der Waals surface area contributed by atoms with Crippen LogP contribution in [0.5, 0.6) is 0 Å². The molecule has 2 fully saturated rings. The molecule has 2 N–H and O–H groups in total. The van der Waals surface area contributed by atoms with Crippen LogP contribution in [0.4, 0.5) is 0 Å². The van der Waals surface area contributed by atoms with Crippen molar-refractivity contribution in [2.45, 2.75) is 37.1 Å². The van der Waals surface area contributed by atoms with Crippen LogP contribution in [0, 0.1) is 11.8 Å². The summed E-state index contributed by atoms with van der Waals surface area (Å²) in [5.41, 5.74) is 5.75.